The highest BCUT2D eigenvalue weighted by molar-refractivity contribution is 5.71. The summed E-state index contributed by atoms with van der Waals surface area (Å²) in [5, 5.41) is 0. The van der Waals surface area contributed by atoms with Crippen molar-refractivity contribution in [1.29, 1.82) is 0 Å². The Bertz CT molecular complexity index is 851. The Morgan fingerprint density at radius 2 is 1.46 bits per heavy atom. The van der Waals surface area contributed by atoms with E-state index in [1.54, 1.807) is 18.7 Å². The van der Waals surface area contributed by atoms with Gasteiger partial charge in [-0.3, -0.25) is 23.4 Å². The highest BCUT2D eigenvalue weighted by Gasteiger charge is 2.24. The third-order valence-electron chi connectivity index (χ3n) is 4.32. The highest BCUT2D eigenvalue weighted by atomic mass is 16.5. The molecular weight excluding hydrogens is 310 g/mol. The van der Waals surface area contributed by atoms with Crippen molar-refractivity contribution in [2.24, 2.45) is 21.1 Å². The van der Waals surface area contributed by atoms with Crippen LogP contribution in [0.2, 0.25) is 0 Å². The summed E-state index contributed by atoms with van der Waals surface area (Å²) in [5.41, 5.74) is -0.109. The molecule has 8 heteroatoms. The lowest BCUT2D eigenvalue weighted by molar-refractivity contribution is -0.0124. The summed E-state index contributed by atoms with van der Waals surface area (Å²) in [6.45, 7) is 10.4. The molecule has 0 aliphatic carbocycles. The highest BCUT2D eigenvalue weighted by Crippen LogP contribution is 2.19. The zero-order valence-corrected chi connectivity index (χ0v) is 15.7. The smallest absolute Gasteiger partial charge is 0.332 e. The number of hydrogen-bond acceptors (Lipinski definition) is 5. The molecule has 0 saturated heterocycles. The van der Waals surface area contributed by atoms with Gasteiger partial charge in [-0.2, -0.15) is 4.98 Å². The van der Waals surface area contributed by atoms with E-state index in [2.05, 4.69) is 37.6 Å². The molecule has 0 saturated carbocycles. The van der Waals surface area contributed by atoms with Gasteiger partial charge >= 0.3 is 5.69 Å². The van der Waals surface area contributed by atoms with Gasteiger partial charge in [0.15, 0.2) is 17.4 Å². The van der Waals surface area contributed by atoms with Gasteiger partial charge < -0.3 is 4.74 Å². The molecule has 0 aromatic carbocycles. The van der Waals surface area contributed by atoms with Crippen LogP contribution >= 0.6 is 0 Å². The molecule has 2 rings (SSSR count). The minimum Gasteiger partial charge on any atom is -0.446 e. The summed E-state index contributed by atoms with van der Waals surface area (Å²) in [7, 11) is 4.77. The lowest BCUT2D eigenvalue weighted by Crippen LogP contribution is -2.46. The van der Waals surface area contributed by atoms with E-state index in [0.29, 0.717) is 29.3 Å². The first-order valence-electron chi connectivity index (χ1n) is 8.14. The summed E-state index contributed by atoms with van der Waals surface area (Å²) in [6, 6.07) is 0.918. The average Bonchev–Trinajstić information content (AvgIpc) is 2.79. The topological polar surface area (TPSA) is 74.3 Å². The van der Waals surface area contributed by atoms with Gasteiger partial charge in [0, 0.05) is 33.2 Å². The van der Waals surface area contributed by atoms with Gasteiger partial charge in [-0.15, -0.1) is 0 Å². The van der Waals surface area contributed by atoms with Crippen LogP contribution in [0.15, 0.2) is 9.59 Å². The zero-order valence-electron chi connectivity index (χ0n) is 15.7. The SMILES string of the molecule is CC(C)N(C(C)C)C(C)Oc1nc2c(c(=O)n(C)c(=O)n2C)n1C. The van der Waals surface area contributed by atoms with Crippen molar-refractivity contribution in [3.05, 3.63) is 20.8 Å². The van der Waals surface area contributed by atoms with Gasteiger partial charge in [-0.1, -0.05) is 0 Å². The number of hydrogen-bond donors (Lipinski definition) is 0. The Kier molecular flexibility index (Phi) is 4.89. The van der Waals surface area contributed by atoms with Crippen molar-refractivity contribution < 1.29 is 4.74 Å². The van der Waals surface area contributed by atoms with E-state index in [1.165, 1.54) is 11.6 Å². The zero-order chi connectivity index (χ0) is 18.3. The van der Waals surface area contributed by atoms with Crippen molar-refractivity contribution in [3.8, 4) is 6.01 Å². The fourth-order valence-electron chi connectivity index (χ4n) is 3.25. The van der Waals surface area contributed by atoms with Gasteiger partial charge in [-0.25, -0.2) is 4.79 Å². The van der Waals surface area contributed by atoms with Crippen LogP contribution in [0.3, 0.4) is 0 Å². The monoisotopic (exact) mass is 337 g/mol. The molecule has 2 aromatic rings. The summed E-state index contributed by atoms with van der Waals surface area (Å²) >= 11 is 0. The van der Waals surface area contributed by atoms with E-state index in [-0.39, 0.29) is 11.8 Å². The van der Waals surface area contributed by atoms with Crippen LogP contribution in [0.4, 0.5) is 0 Å². The Morgan fingerprint density at radius 3 is 1.96 bits per heavy atom. The second kappa shape index (κ2) is 6.43. The summed E-state index contributed by atoms with van der Waals surface area (Å²) < 4.78 is 10.1. The third kappa shape index (κ3) is 2.86. The molecule has 0 amide bonds. The molecule has 0 spiro atoms. The molecule has 1 atom stereocenters. The van der Waals surface area contributed by atoms with Crippen LogP contribution in [0.25, 0.3) is 11.2 Å². The molecule has 0 fully saturated rings. The molecular formula is C16H27N5O3. The fraction of sp³-hybridized carbons (Fsp3) is 0.688. The number of aromatic nitrogens is 4. The Labute approximate surface area is 141 Å². The summed E-state index contributed by atoms with van der Waals surface area (Å²) in [4.78, 5) is 31.0. The van der Waals surface area contributed by atoms with E-state index in [9.17, 15) is 9.59 Å². The molecule has 24 heavy (non-hydrogen) atoms. The molecule has 0 aliphatic heterocycles. The number of aryl methyl sites for hydroxylation is 2. The van der Waals surface area contributed by atoms with Crippen LogP contribution in [-0.2, 0) is 21.1 Å². The molecule has 2 aromatic heterocycles. The quantitative estimate of drug-likeness (QED) is 0.755. The maximum atomic E-state index is 12.4. The van der Waals surface area contributed by atoms with Gasteiger partial charge in [0.1, 0.15) is 0 Å². The second-order valence-corrected chi connectivity index (χ2v) is 6.68. The van der Waals surface area contributed by atoms with E-state index in [4.69, 9.17) is 4.74 Å². The van der Waals surface area contributed by atoms with Gasteiger partial charge in [0.25, 0.3) is 11.6 Å². The van der Waals surface area contributed by atoms with Crippen LogP contribution < -0.4 is 16.0 Å². The molecule has 0 radical (unpaired) electrons. The average molecular weight is 337 g/mol. The molecule has 0 aliphatic rings. The van der Waals surface area contributed by atoms with Gasteiger partial charge in [-0.05, 0) is 34.6 Å². The van der Waals surface area contributed by atoms with Crippen molar-refractivity contribution in [1.82, 2.24) is 23.6 Å². The first-order chi connectivity index (χ1) is 11.1. The molecule has 1 unspecified atom stereocenters. The predicted molar refractivity (Wildman–Crippen MR) is 93.4 cm³/mol. The van der Waals surface area contributed by atoms with Gasteiger partial charge in [0.2, 0.25) is 0 Å². The van der Waals surface area contributed by atoms with Crippen LogP contribution in [0, 0.1) is 0 Å². The fourth-order valence-corrected chi connectivity index (χ4v) is 3.25. The van der Waals surface area contributed by atoms with Crippen LogP contribution in [-0.4, -0.2) is 41.9 Å². The first-order valence-corrected chi connectivity index (χ1v) is 8.14. The lowest BCUT2D eigenvalue weighted by atomic mass is 10.2. The van der Waals surface area contributed by atoms with Crippen molar-refractivity contribution in [2.45, 2.75) is 52.9 Å². The van der Waals surface area contributed by atoms with E-state index >= 15 is 0 Å². The predicted octanol–water partition coefficient (Wildman–Crippen LogP) is 0.814. The van der Waals surface area contributed by atoms with Crippen molar-refractivity contribution >= 4 is 11.2 Å². The number of ether oxygens (including phenoxy) is 1. The van der Waals surface area contributed by atoms with E-state index in [0.717, 1.165) is 4.57 Å². The maximum absolute atomic E-state index is 12.4. The minimum absolute atomic E-state index is 0.221. The lowest BCUT2D eigenvalue weighted by Gasteiger charge is -2.35. The number of fused-ring (bicyclic) bond motifs is 1. The first kappa shape index (κ1) is 18.3. The van der Waals surface area contributed by atoms with E-state index < -0.39 is 5.69 Å². The second-order valence-electron chi connectivity index (χ2n) is 6.68. The Hall–Kier alpha value is -2.09. The maximum Gasteiger partial charge on any atom is 0.332 e. The molecule has 0 N–H and O–H groups in total. The summed E-state index contributed by atoms with van der Waals surface area (Å²) in [6.07, 6.45) is -0.221. The van der Waals surface area contributed by atoms with E-state index in [1.807, 2.05) is 6.92 Å². The van der Waals surface area contributed by atoms with Crippen LogP contribution in [0.1, 0.15) is 34.6 Å². The Morgan fingerprint density at radius 1 is 0.917 bits per heavy atom. The normalized spacial score (nSPS) is 13.5. The van der Waals surface area contributed by atoms with Crippen molar-refractivity contribution in [2.75, 3.05) is 0 Å². The largest absolute Gasteiger partial charge is 0.446 e. The molecule has 8 nitrogen and oxygen atoms in total. The number of nitrogens with zero attached hydrogens (tertiary/aromatic N) is 5. The minimum atomic E-state index is -0.406. The third-order valence-corrected chi connectivity index (χ3v) is 4.32. The molecule has 134 valence electrons. The van der Waals surface area contributed by atoms with Crippen LogP contribution in [0.5, 0.6) is 6.01 Å². The standard InChI is InChI=1S/C16H27N5O3/c1-9(2)21(10(3)4)11(5)24-15-17-13-12(18(15)6)14(22)20(8)16(23)19(13)7/h9-11H,1-8H3. The number of rotatable bonds is 5. The molecule has 0 bridgehead atoms. The Balaban J connectivity index is 2.54. The van der Waals surface area contributed by atoms with Crippen molar-refractivity contribution in [3.63, 3.8) is 0 Å². The molecule has 2 heterocycles. The summed E-state index contributed by atoms with van der Waals surface area (Å²) in [5.74, 6) is 0. The number of imidazole rings is 1. The van der Waals surface area contributed by atoms with Gasteiger partial charge in [0.05, 0.1) is 0 Å².